The zero-order valence-electron chi connectivity index (χ0n) is 13.7. The molecular formula is C19H12ClF3N2OS. The number of aromatic nitrogens is 1. The number of carbonyl (C=O) groups excluding carboxylic acids is 1. The third-order valence-corrected chi connectivity index (χ3v) is 5.12. The number of benzene rings is 2. The quantitative estimate of drug-likeness (QED) is 0.435. The average Bonchev–Trinajstić information content (AvgIpc) is 2.66. The largest absolute Gasteiger partial charge is 0.322 e. The predicted molar refractivity (Wildman–Crippen MR) is 99.5 cm³/mol. The average molecular weight is 409 g/mol. The number of thioether (sulfide) groups is 1. The zero-order chi connectivity index (χ0) is 19.4. The molecule has 0 radical (unpaired) electrons. The molecule has 3 rings (SSSR count). The van der Waals surface area contributed by atoms with E-state index in [0.29, 0.717) is 27.8 Å². The molecule has 0 unspecified atom stereocenters. The van der Waals surface area contributed by atoms with Crippen LogP contribution in [-0.4, -0.2) is 10.9 Å². The number of amides is 1. The molecule has 27 heavy (non-hydrogen) atoms. The number of hydrogen-bond donors (Lipinski definition) is 1. The Labute approximate surface area is 162 Å². The first-order valence-electron chi connectivity index (χ1n) is 7.71. The summed E-state index contributed by atoms with van der Waals surface area (Å²) in [7, 11) is 0. The molecule has 1 aromatic heterocycles. The van der Waals surface area contributed by atoms with Gasteiger partial charge < -0.3 is 5.32 Å². The summed E-state index contributed by atoms with van der Waals surface area (Å²) in [5, 5.41) is 2.81. The van der Waals surface area contributed by atoms with Crippen LogP contribution in [0.3, 0.4) is 0 Å². The first-order valence-corrected chi connectivity index (χ1v) is 9.07. The Balaban J connectivity index is 1.75. The van der Waals surface area contributed by atoms with Gasteiger partial charge in [0, 0.05) is 46.4 Å². The lowest BCUT2D eigenvalue weighted by Gasteiger charge is -2.09. The van der Waals surface area contributed by atoms with Gasteiger partial charge in [-0.25, -0.2) is 13.2 Å². The molecule has 0 aliphatic heterocycles. The van der Waals surface area contributed by atoms with Crippen LogP contribution in [0.1, 0.15) is 15.9 Å². The highest BCUT2D eigenvalue weighted by molar-refractivity contribution is 7.98. The Morgan fingerprint density at radius 1 is 1.11 bits per heavy atom. The highest BCUT2D eigenvalue weighted by Crippen LogP contribution is 2.31. The Bertz CT molecular complexity index is 963. The third-order valence-electron chi connectivity index (χ3n) is 3.55. The molecule has 0 bridgehead atoms. The molecule has 8 heteroatoms. The summed E-state index contributed by atoms with van der Waals surface area (Å²) in [4.78, 5) is 17.1. The predicted octanol–water partition coefficient (Wildman–Crippen LogP) is 5.70. The molecule has 0 spiro atoms. The molecule has 138 valence electrons. The molecule has 0 atom stereocenters. The van der Waals surface area contributed by atoms with E-state index in [1.54, 1.807) is 24.5 Å². The van der Waals surface area contributed by atoms with Crippen LogP contribution in [0.5, 0.6) is 0 Å². The number of anilines is 1. The van der Waals surface area contributed by atoms with Gasteiger partial charge in [0.1, 0.15) is 0 Å². The van der Waals surface area contributed by atoms with Crippen LogP contribution in [-0.2, 0) is 5.75 Å². The smallest absolute Gasteiger partial charge is 0.255 e. The number of pyridine rings is 1. The molecule has 3 nitrogen and oxygen atoms in total. The number of nitrogens with zero attached hydrogens (tertiary/aromatic N) is 1. The second kappa shape index (κ2) is 8.45. The van der Waals surface area contributed by atoms with E-state index in [2.05, 4.69) is 10.3 Å². The highest BCUT2D eigenvalue weighted by Gasteiger charge is 2.14. The van der Waals surface area contributed by atoms with Gasteiger partial charge in [0.25, 0.3) is 5.91 Å². The van der Waals surface area contributed by atoms with Crippen molar-refractivity contribution in [2.45, 2.75) is 10.6 Å². The summed E-state index contributed by atoms with van der Waals surface area (Å²) in [5.74, 6) is -4.34. The van der Waals surface area contributed by atoms with E-state index in [1.165, 1.54) is 17.8 Å². The summed E-state index contributed by atoms with van der Waals surface area (Å²) in [6.07, 6.45) is 3.41. The lowest BCUT2D eigenvalue weighted by atomic mass is 10.2. The van der Waals surface area contributed by atoms with Gasteiger partial charge in [-0.05, 0) is 29.8 Å². The van der Waals surface area contributed by atoms with Crippen LogP contribution >= 0.6 is 23.4 Å². The fraction of sp³-hybridized carbons (Fsp3) is 0.0526. The van der Waals surface area contributed by atoms with Crippen LogP contribution in [0.4, 0.5) is 18.9 Å². The molecule has 0 saturated carbocycles. The van der Waals surface area contributed by atoms with Crippen LogP contribution < -0.4 is 5.32 Å². The van der Waals surface area contributed by atoms with Gasteiger partial charge in [-0.2, -0.15) is 0 Å². The number of nitrogens with one attached hydrogen (secondary N) is 1. The Morgan fingerprint density at radius 3 is 2.52 bits per heavy atom. The van der Waals surface area contributed by atoms with Gasteiger partial charge in [-0.15, -0.1) is 11.8 Å². The minimum absolute atomic E-state index is 0.184. The maximum absolute atomic E-state index is 13.3. The minimum atomic E-state index is -1.59. The van der Waals surface area contributed by atoms with E-state index < -0.39 is 23.4 Å². The fourth-order valence-electron chi connectivity index (χ4n) is 2.23. The topological polar surface area (TPSA) is 42.0 Å². The van der Waals surface area contributed by atoms with Crippen molar-refractivity contribution < 1.29 is 18.0 Å². The summed E-state index contributed by atoms with van der Waals surface area (Å²) in [6.45, 7) is 0. The highest BCUT2D eigenvalue weighted by atomic mass is 35.5. The molecular weight excluding hydrogens is 397 g/mol. The second-order valence-corrected chi connectivity index (χ2v) is 6.93. The number of halogens is 4. The maximum Gasteiger partial charge on any atom is 0.255 e. The maximum atomic E-state index is 13.3. The van der Waals surface area contributed by atoms with Crippen molar-refractivity contribution in [3.8, 4) is 0 Å². The van der Waals surface area contributed by atoms with Crippen LogP contribution in [0.15, 0.2) is 59.8 Å². The summed E-state index contributed by atoms with van der Waals surface area (Å²) in [5.41, 5.74) is 1.06. The first-order chi connectivity index (χ1) is 12.9. The van der Waals surface area contributed by atoms with Crippen molar-refractivity contribution in [2.75, 3.05) is 5.32 Å². The van der Waals surface area contributed by atoms with E-state index in [4.69, 9.17) is 11.6 Å². The van der Waals surface area contributed by atoms with Crippen molar-refractivity contribution in [1.82, 2.24) is 4.98 Å². The molecule has 0 aliphatic carbocycles. The Hall–Kier alpha value is -2.51. The number of carbonyl (C=O) groups is 1. The van der Waals surface area contributed by atoms with Gasteiger partial charge >= 0.3 is 0 Å². The molecule has 2 aromatic carbocycles. The van der Waals surface area contributed by atoms with Gasteiger partial charge in [0.15, 0.2) is 17.5 Å². The lowest BCUT2D eigenvalue weighted by molar-refractivity contribution is 0.102. The molecule has 1 amide bonds. The normalized spacial score (nSPS) is 10.7. The van der Waals surface area contributed by atoms with Crippen LogP contribution in [0, 0.1) is 17.5 Å². The van der Waals surface area contributed by atoms with E-state index >= 15 is 0 Å². The van der Waals surface area contributed by atoms with E-state index in [9.17, 15) is 18.0 Å². The number of rotatable bonds is 5. The Morgan fingerprint density at radius 2 is 1.85 bits per heavy atom. The van der Waals surface area contributed by atoms with Crippen LogP contribution in [0.25, 0.3) is 0 Å². The molecule has 1 heterocycles. The summed E-state index contributed by atoms with van der Waals surface area (Å²) < 4.78 is 39.6. The van der Waals surface area contributed by atoms with Crippen molar-refractivity contribution in [2.24, 2.45) is 0 Å². The van der Waals surface area contributed by atoms with Gasteiger partial charge in [0.2, 0.25) is 0 Å². The minimum Gasteiger partial charge on any atom is -0.322 e. The van der Waals surface area contributed by atoms with E-state index in [1.807, 2.05) is 12.1 Å². The SMILES string of the molecule is O=C(Nc1cc(F)c(F)c(F)c1)c1ccc(Cl)c(SCc2cccnc2)c1. The van der Waals surface area contributed by atoms with Gasteiger partial charge in [-0.1, -0.05) is 17.7 Å². The second-order valence-electron chi connectivity index (χ2n) is 5.50. The van der Waals surface area contributed by atoms with Gasteiger partial charge in [-0.3, -0.25) is 9.78 Å². The molecule has 3 aromatic rings. The third kappa shape index (κ3) is 4.81. The summed E-state index contributed by atoms with van der Waals surface area (Å²) >= 11 is 7.60. The van der Waals surface area contributed by atoms with Crippen molar-refractivity contribution in [3.63, 3.8) is 0 Å². The monoisotopic (exact) mass is 408 g/mol. The lowest BCUT2D eigenvalue weighted by Crippen LogP contribution is -2.12. The molecule has 0 aliphatic rings. The zero-order valence-corrected chi connectivity index (χ0v) is 15.3. The van der Waals surface area contributed by atoms with Crippen molar-refractivity contribution in [3.05, 3.63) is 88.5 Å². The van der Waals surface area contributed by atoms with E-state index in [0.717, 1.165) is 5.56 Å². The Kier molecular flexibility index (Phi) is 6.03. The first kappa shape index (κ1) is 19.3. The van der Waals surface area contributed by atoms with Gasteiger partial charge in [0.05, 0.1) is 5.02 Å². The molecule has 0 saturated heterocycles. The fourth-order valence-corrected chi connectivity index (χ4v) is 3.42. The van der Waals surface area contributed by atoms with Crippen molar-refractivity contribution in [1.29, 1.82) is 0 Å². The summed E-state index contributed by atoms with van der Waals surface area (Å²) in [6, 6.07) is 9.80. The molecule has 1 N–H and O–H groups in total. The standard InChI is InChI=1S/C19H12ClF3N2OS/c20-14-4-3-12(6-17(14)27-10-11-2-1-5-24-9-11)19(26)25-13-7-15(21)18(23)16(22)8-13/h1-9H,10H2,(H,25,26). The van der Waals surface area contributed by atoms with Crippen molar-refractivity contribution >= 4 is 35.0 Å². The van der Waals surface area contributed by atoms with Crippen LogP contribution in [0.2, 0.25) is 5.02 Å². The van der Waals surface area contributed by atoms with E-state index in [-0.39, 0.29) is 11.3 Å². The number of hydrogen-bond acceptors (Lipinski definition) is 3. The molecule has 0 fully saturated rings.